The zero-order chi connectivity index (χ0) is 14.5. The van der Waals surface area contributed by atoms with E-state index in [1.807, 2.05) is 6.07 Å². The molecule has 2 aromatic rings. The van der Waals surface area contributed by atoms with Crippen molar-refractivity contribution in [3.05, 3.63) is 21.9 Å². The van der Waals surface area contributed by atoms with Crippen molar-refractivity contribution >= 4 is 51.3 Å². The van der Waals surface area contributed by atoms with E-state index in [1.165, 1.54) is 41.4 Å². The van der Waals surface area contributed by atoms with Gasteiger partial charge in [-0.1, -0.05) is 23.1 Å². The molecule has 20 heavy (non-hydrogen) atoms. The molecule has 6 nitrogen and oxygen atoms in total. The van der Waals surface area contributed by atoms with Crippen LogP contribution in [0, 0.1) is 0 Å². The van der Waals surface area contributed by atoms with E-state index in [4.69, 9.17) is 5.73 Å². The Morgan fingerprint density at radius 1 is 1.35 bits per heavy atom. The summed E-state index contributed by atoms with van der Waals surface area (Å²) in [6.07, 6.45) is 0. The zero-order valence-electron chi connectivity index (χ0n) is 10.6. The number of carbonyl (C=O) groups excluding carboxylic acids is 2. The van der Waals surface area contributed by atoms with Crippen LogP contribution in [0.3, 0.4) is 0 Å². The van der Waals surface area contributed by atoms with Crippen LogP contribution in [0.4, 0.5) is 5.13 Å². The summed E-state index contributed by atoms with van der Waals surface area (Å²) in [6, 6.07) is 3.63. The van der Waals surface area contributed by atoms with Gasteiger partial charge in [-0.05, 0) is 12.1 Å². The molecule has 106 valence electrons. The standard InChI is InChI=1S/C11H12N4O2S3/c1-6(16)13-4-7-2-3-9(19-7)8(17)5-18-11-15-14-10(12)20-11/h2-3H,4-5H2,1H3,(H2,12,14)(H,13,16). The van der Waals surface area contributed by atoms with E-state index in [0.29, 0.717) is 26.6 Å². The summed E-state index contributed by atoms with van der Waals surface area (Å²) in [4.78, 5) is 24.5. The highest BCUT2D eigenvalue weighted by molar-refractivity contribution is 8.01. The van der Waals surface area contributed by atoms with Gasteiger partial charge in [0.05, 0.1) is 17.2 Å². The lowest BCUT2D eigenvalue weighted by molar-refractivity contribution is -0.119. The molecule has 0 aliphatic rings. The molecule has 2 aromatic heterocycles. The molecule has 0 aliphatic heterocycles. The lowest BCUT2D eigenvalue weighted by atomic mass is 10.3. The molecule has 0 spiro atoms. The summed E-state index contributed by atoms with van der Waals surface area (Å²) in [5, 5.41) is 10.6. The van der Waals surface area contributed by atoms with E-state index in [2.05, 4.69) is 15.5 Å². The van der Waals surface area contributed by atoms with Gasteiger partial charge in [0.15, 0.2) is 10.1 Å². The summed E-state index contributed by atoms with van der Waals surface area (Å²) >= 11 is 3.98. The predicted molar refractivity (Wildman–Crippen MR) is 81.2 cm³/mol. The smallest absolute Gasteiger partial charge is 0.217 e. The third-order valence-electron chi connectivity index (χ3n) is 2.20. The Balaban J connectivity index is 1.87. The Kier molecular flexibility index (Phi) is 5.10. The number of hydrogen-bond donors (Lipinski definition) is 2. The van der Waals surface area contributed by atoms with E-state index in [-0.39, 0.29) is 11.7 Å². The van der Waals surface area contributed by atoms with Crippen LogP contribution in [-0.4, -0.2) is 27.6 Å². The van der Waals surface area contributed by atoms with Gasteiger partial charge in [-0.15, -0.1) is 21.5 Å². The molecular formula is C11H12N4O2S3. The second-order valence-electron chi connectivity index (χ2n) is 3.79. The van der Waals surface area contributed by atoms with Gasteiger partial charge in [0.25, 0.3) is 0 Å². The van der Waals surface area contributed by atoms with Crippen LogP contribution < -0.4 is 11.1 Å². The van der Waals surface area contributed by atoms with Crippen molar-refractivity contribution in [1.29, 1.82) is 0 Å². The van der Waals surface area contributed by atoms with E-state index in [0.717, 1.165) is 4.88 Å². The van der Waals surface area contributed by atoms with Crippen molar-refractivity contribution in [2.45, 2.75) is 17.8 Å². The first kappa shape index (κ1) is 14.9. The van der Waals surface area contributed by atoms with Crippen molar-refractivity contribution in [1.82, 2.24) is 15.5 Å². The Labute approximate surface area is 127 Å². The highest BCUT2D eigenvalue weighted by atomic mass is 32.2. The van der Waals surface area contributed by atoms with Crippen LogP contribution in [0.5, 0.6) is 0 Å². The summed E-state index contributed by atoms with van der Waals surface area (Å²) in [5.41, 5.74) is 5.47. The molecule has 0 atom stereocenters. The highest BCUT2D eigenvalue weighted by Crippen LogP contribution is 2.25. The topological polar surface area (TPSA) is 98.0 Å². The maximum Gasteiger partial charge on any atom is 0.217 e. The third-order valence-corrected chi connectivity index (χ3v) is 5.21. The quantitative estimate of drug-likeness (QED) is 0.620. The minimum Gasteiger partial charge on any atom is -0.374 e. The van der Waals surface area contributed by atoms with Gasteiger partial charge in [-0.25, -0.2) is 0 Å². The van der Waals surface area contributed by atoms with Crippen molar-refractivity contribution in [3.8, 4) is 0 Å². The second-order valence-corrected chi connectivity index (χ2v) is 7.19. The molecule has 0 unspecified atom stereocenters. The number of aromatic nitrogens is 2. The van der Waals surface area contributed by atoms with E-state index < -0.39 is 0 Å². The van der Waals surface area contributed by atoms with E-state index in [9.17, 15) is 9.59 Å². The summed E-state index contributed by atoms with van der Waals surface area (Å²) in [5.74, 6) is 0.243. The minimum atomic E-state index is -0.0873. The van der Waals surface area contributed by atoms with Crippen LogP contribution in [0.15, 0.2) is 16.5 Å². The number of ketones is 1. The van der Waals surface area contributed by atoms with Crippen LogP contribution >= 0.6 is 34.4 Å². The summed E-state index contributed by atoms with van der Waals surface area (Å²) in [7, 11) is 0. The van der Waals surface area contributed by atoms with E-state index >= 15 is 0 Å². The van der Waals surface area contributed by atoms with Crippen molar-refractivity contribution in [3.63, 3.8) is 0 Å². The number of amides is 1. The van der Waals surface area contributed by atoms with Crippen LogP contribution in [0.2, 0.25) is 0 Å². The normalized spacial score (nSPS) is 10.4. The number of rotatable bonds is 6. The average molecular weight is 328 g/mol. The number of carbonyl (C=O) groups is 2. The Morgan fingerprint density at radius 2 is 2.15 bits per heavy atom. The molecule has 3 N–H and O–H groups in total. The number of thioether (sulfide) groups is 1. The van der Waals surface area contributed by atoms with Gasteiger partial charge < -0.3 is 11.1 Å². The van der Waals surface area contributed by atoms with Crippen LogP contribution in [0.1, 0.15) is 21.5 Å². The molecule has 0 aromatic carbocycles. The number of nitrogens with one attached hydrogen (secondary N) is 1. The molecule has 2 heterocycles. The monoisotopic (exact) mass is 328 g/mol. The van der Waals surface area contributed by atoms with Crippen LogP contribution in [0.25, 0.3) is 0 Å². The van der Waals surface area contributed by atoms with Gasteiger partial charge in [0.1, 0.15) is 0 Å². The maximum absolute atomic E-state index is 12.0. The fourth-order valence-electron chi connectivity index (χ4n) is 1.31. The second kappa shape index (κ2) is 6.82. The van der Waals surface area contributed by atoms with Gasteiger partial charge in [-0.2, -0.15) is 0 Å². The average Bonchev–Trinajstić information content (AvgIpc) is 3.02. The first-order chi connectivity index (χ1) is 9.54. The largest absolute Gasteiger partial charge is 0.374 e. The number of Topliss-reactive ketones (excluding diaryl/α,β-unsaturated/α-hetero) is 1. The summed E-state index contributed by atoms with van der Waals surface area (Å²) in [6.45, 7) is 1.91. The molecule has 2 rings (SSSR count). The van der Waals surface area contributed by atoms with Crippen molar-refractivity contribution < 1.29 is 9.59 Å². The number of thiophene rings is 1. The number of nitrogens with two attached hydrogens (primary N) is 1. The fraction of sp³-hybridized carbons (Fsp3) is 0.273. The van der Waals surface area contributed by atoms with Gasteiger partial charge in [0.2, 0.25) is 11.0 Å². The number of anilines is 1. The van der Waals surface area contributed by atoms with Crippen molar-refractivity contribution in [2.24, 2.45) is 0 Å². The third kappa shape index (κ3) is 4.29. The lowest BCUT2D eigenvalue weighted by Gasteiger charge is -1.97. The molecule has 0 radical (unpaired) electrons. The summed E-state index contributed by atoms with van der Waals surface area (Å²) < 4.78 is 0.686. The predicted octanol–water partition coefficient (Wildman–Crippen LogP) is 1.79. The molecule has 0 saturated heterocycles. The minimum absolute atomic E-state index is 0.0304. The molecule has 9 heteroatoms. The van der Waals surface area contributed by atoms with Crippen LogP contribution in [-0.2, 0) is 11.3 Å². The molecule has 1 amide bonds. The molecule has 0 fully saturated rings. The Morgan fingerprint density at radius 3 is 2.80 bits per heavy atom. The highest BCUT2D eigenvalue weighted by Gasteiger charge is 2.12. The first-order valence-electron chi connectivity index (χ1n) is 5.62. The molecule has 0 saturated carbocycles. The maximum atomic E-state index is 12.0. The molecular weight excluding hydrogens is 316 g/mol. The van der Waals surface area contributed by atoms with E-state index in [1.54, 1.807) is 6.07 Å². The Hall–Kier alpha value is -1.45. The fourth-order valence-corrected chi connectivity index (χ4v) is 3.81. The Bertz CT molecular complexity index is 623. The van der Waals surface area contributed by atoms with Gasteiger partial charge >= 0.3 is 0 Å². The van der Waals surface area contributed by atoms with Crippen molar-refractivity contribution in [2.75, 3.05) is 11.5 Å². The number of hydrogen-bond acceptors (Lipinski definition) is 8. The zero-order valence-corrected chi connectivity index (χ0v) is 13.0. The number of nitrogens with zero attached hydrogens (tertiary/aromatic N) is 2. The lowest BCUT2D eigenvalue weighted by Crippen LogP contribution is -2.18. The first-order valence-corrected chi connectivity index (χ1v) is 8.24. The van der Waals surface area contributed by atoms with Gasteiger partial charge in [0, 0.05) is 11.8 Å². The molecule has 0 aliphatic carbocycles. The van der Waals surface area contributed by atoms with Gasteiger partial charge in [-0.3, -0.25) is 9.59 Å². The molecule has 0 bridgehead atoms. The number of nitrogen functional groups attached to an aromatic ring is 1. The SMILES string of the molecule is CC(=O)NCc1ccc(C(=O)CSc2nnc(N)s2)s1.